The Kier molecular flexibility index (Phi) is 5.00. The van der Waals surface area contributed by atoms with Crippen molar-refractivity contribution in [3.8, 4) is 5.75 Å². The molecule has 0 spiro atoms. The summed E-state index contributed by atoms with van der Waals surface area (Å²) >= 11 is 0. The number of aromatic nitrogens is 3. The van der Waals surface area contributed by atoms with Crippen LogP contribution in [-0.2, 0) is 4.74 Å². The van der Waals surface area contributed by atoms with E-state index < -0.39 is 0 Å². The van der Waals surface area contributed by atoms with E-state index in [1.54, 1.807) is 19.4 Å². The summed E-state index contributed by atoms with van der Waals surface area (Å²) in [6.45, 7) is 5.40. The molecule has 0 atom stereocenters. The van der Waals surface area contributed by atoms with E-state index in [1.165, 1.54) is 0 Å². The van der Waals surface area contributed by atoms with Crippen molar-refractivity contribution < 1.29 is 14.3 Å². The number of methoxy groups -OCH3 is 1. The molecule has 4 rings (SSSR count). The number of aryl methyl sites for hydroxylation is 2. The van der Waals surface area contributed by atoms with Gasteiger partial charge in [0.05, 0.1) is 18.4 Å². The van der Waals surface area contributed by atoms with Crippen molar-refractivity contribution in [3.63, 3.8) is 0 Å². The van der Waals surface area contributed by atoms with E-state index >= 15 is 0 Å². The lowest BCUT2D eigenvalue weighted by Crippen LogP contribution is -2.15. The second kappa shape index (κ2) is 7.59. The van der Waals surface area contributed by atoms with Gasteiger partial charge in [-0.05, 0) is 44.4 Å². The Balaban J connectivity index is 1.66. The maximum atomic E-state index is 12.9. The molecule has 0 aromatic carbocycles. The quantitative estimate of drug-likeness (QED) is 0.750. The molecule has 3 aromatic heterocycles. The molecule has 1 saturated heterocycles. The van der Waals surface area contributed by atoms with Crippen LogP contribution in [-0.4, -0.2) is 40.6 Å². The number of fused-ring (bicyclic) bond motifs is 1. The number of anilines is 1. The zero-order valence-electron chi connectivity index (χ0n) is 16.4. The SMILES string of the molecule is COc1cc2nc(C3CCOCC3)cn2cc1C(=O)Nc1cc(C)cc(C)n1. The molecule has 1 aliphatic heterocycles. The lowest BCUT2D eigenvalue weighted by Gasteiger charge is -2.19. The number of imidazole rings is 1. The number of rotatable bonds is 4. The van der Waals surface area contributed by atoms with Gasteiger partial charge < -0.3 is 19.2 Å². The lowest BCUT2D eigenvalue weighted by atomic mass is 9.97. The highest BCUT2D eigenvalue weighted by molar-refractivity contribution is 6.05. The first-order valence-electron chi connectivity index (χ1n) is 9.44. The Morgan fingerprint density at radius 1 is 1.18 bits per heavy atom. The third kappa shape index (κ3) is 3.71. The van der Waals surface area contributed by atoms with Crippen molar-refractivity contribution in [3.05, 3.63) is 53.1 Å². The van der Waals surface area contributed by atoms with Crippen molar-refractivity contribution in [2.75, 3.05) is 25.6 Å². The third-order valence-electron chi connectivity index (χ3n) is 5.02. The normalized spacial score (nSPS) is 15.0. The maximum absolute atomic E-state index is 12.9. The van der Waals surface area contributed by atoms with Crippen LogP contribution in [0.15, 0.2) is 30.6 Å². The Bertz CT molecular complexity index is 1000. The lowest BCUT2D eigenvalue weighted by molar-refractivity contribution is 0.0846. The van der Waals surface area contributed by atoms with Crippen molar-refractivity contribution in [1.82, 2.24) is 14.4 Å². The van der Waals surface area contributed by atoms with Crippen LogP contribution >= 0.6 is 0 Å². The number of carbonyl (C=O) groups excluding carboxylic acids is 1. The van der Waals surface area contributed by atoms with Crippen molar-refractivity contribution in [2.24, 2.45) is 0 Å². The maximum Gasteiger partial charge on any atom is 0.262 e. The summed E-state index contributed by atoms with van der Waals surface area (Å²) in [5.41, 5.74) is 4.12. The van der Waals surface area contributed by atoms with Crippen molar-refractivity contribution in [1.29, 1.82) is 0 Å². The predicted molar refractivity (Wildman–Crippen MR) is 106 cm³/mol. The van der Waals surface area contributed by atoms with Crippen LogP contribution in [0.25, 0.3) is 5.65 Å². The molecule has 1 aliphatic rings. The highest BCUT2D eigenvalue weighted by atomic mass is 16.5. The smallest absolute Gasteiger partial charge is 0.262 e. The van der Waals surface area contributed by atoms with E-state index in [0.29, 0.717) is 23.0 Å². The number of amides is 1. The molecule has 0 saturated carbocycles. The minimum absolute atomic E-state index is 0.266. The molecule has 1 amide bonds. The molecule has 0 bridgehead atoms. The summed E-state index contributed by atoms with van der Waals surface area (Å²) in [6.07, 6.45) is 5.69. The van der Waals surface area contributed by atoms with E-state index in [2.05, 4.69) is 10.3 Å². The molecule has 7 nitrogen and oxygen atoms in total. The van der Waals surface area contributed by atoms with Gasteiger partial charge in [-0.2, -0.15) is 0 Å². The number of nitrogens with one attached hydrogen (secondary N) is 1. The fraction of sp³-hybridized carbons (Fsp3) is 0.381. The summed E-state index contributed by atoms with van der Waals surface area (Å²) in [5.74, 6) is 1.13. The summed E-state index contributed by atoms with van der Waals surface area (Å²) in [6, 6.07) is 5.61. The zero-order valence-corrected chi connectivity index (χ0v) is 16.4. The average Bonchev–Trinajstić information content (AvgIpc) is 3.09. The number of hydrogen-bond acceptors (Lipinski definition) is 5. The molecular weight excluding hydrogens is 356 g/mol. The molecule has 146 valence electrons. The molecule has 1 N–H and O–H groups in total. The molecule has 28 heavy (non-hydrogen) atoms. The highest BCUT2D eigenvalue weighted by Crippen LogP contribution is 2.28. The molecule has 4 heterocycles. The number of nitrogens with zero attached hydrogens (tertiary/aromatic N) is 3. The van der Waals surface area contributed by atoms with Gasteiger partial charge in [-0.15, -0.1) is 0 Å². The molecule has 0 radical (unpaired) electrons. The highest BCUT2D eigenvalue weighted by Gasteiger charge is 2.21. The third-order valence-corrected chi connectivity index (χ3v) is 5.02. The summed E-state index contributed by atoms with van der Waals surface area (Å²) in [5, 5.41) is 2.87. The minimum atomic E-state index is -0.266. The Labute approximate surface area is 163 Å². The van der Waals surface area contributed by atoms with Crippen LogP contribution in [0.3, 0.4) is 0 Å². The van der Waals surface area contributed by atoms with Crippen LogP contribution in [0.2, 0.25) is 0 Å². The van der Waals surface area contributed by atoms with E-state index in [4.69, 9.17) is 14.5 Å². The summed E-state index contributed by atoms with van der Waals surface area (Å²) < 4.78 is 12.8. The van der Waals surface area contributed by atoms with Gasteiger partial charge >= 0.3 is 0 Å². The van der Waals surface area contributed by atoms with Gasteiger partial charge in [-0.3, -0.25) is 4.79 Å². The molecule has 0 unspecified atom stereocenters. The van der Waals surface area contributed by atoms with E-state index in [-0.39, 0.29) is 5.91 Å². The molecular formula is C21H24N4O3. The van der Waals surface area contributed by atoms with Gasteiger partial charge in [0, 0.05) is 43.3 Å². The van der Waals surface area contributed by atoms with Crippen molar-refractivity contribution >= 4 is 17.4 Å². The minimum Gasteiger partial charge on any atom is -0.496 e. The van der Waals surface area contributed by atoms with Gasteiger partial charge in [0.1, 0.15) is 17.2 Å². The van der Waals surface area contributed by atoms with Crippen LogP contribution in [0.1, 0.15) is 46.1 Å². The molecule has 0 aliphatic carbocycles. The molecule has 3 aromatic rings. The first-order valence-corrected chi connectivity index (χ1v) is 9.44. The van der Waals surface area contributed by atoms with Crippen LogP contribution < -0.4 is 10.1 Å². The number of carbonyl (C=O) groups is 1. The van der Waals surface area contributed by atoms with E-state index in [9.17, 15) is 4.79 Å². The van der Waals surface area contributed by atoms with Crippen LogP contribution in [0, 0.1) is 13.8 Å². The van der Waals surface area contributed by atoms with Crippen molar-refractivity contribution in [2.45, 2.75) is 32.6 Å². The second-order valence-corrected chi connectivity index (χ2v) is 7.20. The van der Waals surface area contributed by atoms with Gasteiger partial charge in [0.15, 0.2) is 0 Å². The molecule has 1 fully saturated rings. The summed E-state index contributed by atoms with van der Waals surface area (Å²) in [7, 11) is 1.56. The molecule has 7 heteroatoms. The monoisotopic (exact) mass is 380 g/mol. The first-order chi connectivity index (χ1) is 13.5. The number of ether oxygens (including phenoxy) is 2. The topological polar surface area (TPSA) is 77.8 Å². The largest absolute Gasteiger partial charge is 0.496 e. The fourth-order valence-electron chi connectivity index (χ4n) is 3.65. The average molecular weight is 380 g/mol. The first kappa shape index (κ1) is 18.4. The number of pyridine rings is 2. The summed E-state index contributed by atoms with van der Waals surface area (Å²) in [4.78, 5) is 22.0. The van der Waals surface area contributed by atoms with E-state index in [1.807, 2.05) is 36.6 Å². The van der Waals surface area contributed by atoms with Gasteiger partial charge in [-0.1, -0.05) is 0 Å². The number of hydrogen-bond donors (Lipinski definition) is 1. The Morgan fingerprint density at radius 2 is 1.96 bits per heavy atom. The van der Waals surface area contributed by atoms with Crippen LogP contribution in [0.4, 0.5) is 5.82 Å². The zero-order chi connectivity index (χ0) is 19.7. The predicted octanol–water partition coefficient (Wildman–Crippen LogP) is 3.50. The Hall–Kier alpha value is -2.93. The van der Waals surface area contributed by atoms with Gasteiger partial charge in [0.2, 0.25) is 0 Å². The second-order valence-electron chi connectivity index (χ2n) is 7.20. The Morgan fingerprint density at radius 3 is 2.68 bits per heavy atom. The van der Waals surface area contributed by atoms with Gasteiger partial charge in [-0.25, -0.2) is 9.97 Å². The fourth-order valence-corrected chi connectivity index (χ4v) is 3.65. The van der Waals surface area contributed by atoms with Gasteiger partial charge in [0.25, 0.3) is 5.91 Å². The van der Waals surface area contributed by atoms with Crippen LogP contribution in [0.5, 0.6) is 5.75 Å². The standard InChI is InChI=1S/C21H24N4O3/c1-13-8-14(2)22-19(9-13)24-21(26)16-11-25-12-17(15-4-6-28-7-5-15)23-20(25)10-18(16)27-3/h8-12,15H,4-7H2,1-3H3,(H,22,24,26). The van der Waals surface area contributed by atoms with E-state index in [0.717, 1.165) is 48.7 Å².